The van der Waals surface area contributed by atoms with Crippen molar-refractivity contribution in [2.45, 2.75) is 0 Å². The molecule has 2 rings (SSSR count). The Morgan fingerprint density at radius 3 is 1.50 bits per heavy atom. The first-order valence-corrected chi connectivity index (χ1v) is 6.68. The maximum atomic E-state index is 12.3. The molecule has 0 saturated carbocycles. The number of rotatable bonds is 2. The van der Waals surface area contributed by atoms with Gasteiger partial charge in [0, 0.05) is 0 Å². The van der Waals surface area contributed by atoms with Crippen LogP contribution in [0.1, 0.15) is 0 Å². The van der Waals surface area contributed by atoms with Crippen molar-refractivity contribution < 1.29 is 4.57 Å². The maximum Gasteiger partial charge on any atom is 0.139 e. The molecule has 81 valence electrons. The third kappa shape index (κ3) is 2.27. The first kappa shape index (κ1) is 11.6. The molecule has 0 heterocycles. The number of halogens is 2. The zero-order valence-corrected chi connectivity index (χ0v) is 10.6. The lowest BCUT2D eigenvalue weighted by atomic mass is 10.4. The van der Waals surface area contributed by atoms with E-state index in [0.29, 0.717) is 20.7 Å². The summed E-state index contributed by atoms with van der Waals surface area (Å²) in [5.41, 5.74) is 0. The minimum Gasteiger partial charge on any atom is -0.276 e. The summed E-state index contributed by atoms with van der Waals surface area (Å²) < 4.78 is 12.3. The Balaban J connectivity index is 2.48. The van der Waals surface area contributed by atoms with Crippen LogP contribution in [-0.4, -0.2) is 0 Å². The lowest BCUT2D eigenvalue weighted by molar-refractivity contribution is 0.598. The average Bonchev–Trinajstić information content (AvgIpc) is 2.29. The van der Waals surface area contributed by atoms with Gasteiger partial charge in [0.05, 0.1) is 20.7 Å². The van der Waals surface area contributed by atoms with Gasteiger partial charge in [-0.15, -0.1) is 0 Å². The third-order valence-corrected chi connectivity index (χ3v) is 4.72. The van der Waals surface area contributed by atoms with Crippen LogP contribution in [-0.2, 0) is 4.57 Å². The largest absolute Gasteiger partial charge is 0.276 e. The fourth-order valence-electron chi connectivity index (χ4n) is 1.36. The number of hydrogen-bond donors (Lipinski definition) is 0. The van der Waals surface area contributed by atoms with Crippen molar-refractivity contribution in [2.24, 2.45) is 0 Å². The lowest BCUT2D eigenvalue weighted by Gasteiger charge is -2.05. The molecule has 4 heteroatoms. The van der Waals surface area contributed by atoms with E-state index in [2.05, 4.69) is 0 Å². The Kier molecular flexibility index (Phi) is 3.60. The molecule has 0 fully saturated rings. The van der Waals surface area contributed by atoms with E-state index in [0.717, 1.165) is 0 Å². The van der Waals surface area contributed by atoms with Crippen molar-refractivity contribution in [3.8, 4) is 0 Å². The Hall–Kier alpha value is -0.880. The van der Waals surface area contributed by atoms with Crippen LogP contribution in [0.3, 0.4) is 0 Å². The highest BCUT2D eigenvalue weighted by Gasteiger charge is 2.13. The fraction of sp³-hybridized carbons (Fsp3) is 0. The van der Waals surface area contributed by atoms with E-state index in [9.17, 15) is 4.57 Å². The molecule has 0 aliphatic rings. The summed E-state index contributed by atoms with van der Waals surface area (Å²) in [5.74, 6) is 0. The molecule has 16 heavy (non-hydrogen) atoms. The van der Waals surface area contributed by atoms with Crippen molar-refractivity contribution in [1.29, 1.82) is 0 Å². The predicted octanol–water partition coefficient (Wildman–Crippen LogP) is 3.77. The summed E-state index contributed by atoms with van der Waals surface area (Å²) in [7, 11) is -1.73. The Morgan fingerprint density at radius 1 is 0.750 bits per heavy atom. The van der Waals surface area contributed by atoms with Crippen molar-refractivity contribution >= 4 is 41.6 Å². The molecule has 0 spiro atoms. The van der Waals surface area contributed by atoms with Gasteiger partial charge >= 0.3 is 0 Å². The van der Waals surface area contributed by atoms with Gasteiger partial charge in [-0.25, -0.2) is 0 Å². The van der Waals surface area contributed by atoms with Crippen LogP contribution in [0, 0.1) is 0 Å². The molecule has 1 nitrogen and oxygen atoms in total. The highest BCUT2D eigenvalue weighted by molar-refractivity contribution is 7.62. The highest BCUT2D eigenvalue weighted by atomic mass is 35.5. The quantitative estimate of drug-likeness (QED) is 0.759. The first-order valence-electron chi connectivity index (χ1n) is 4.66. The van der Waals surface area contributed by atoms with E-state index in [1.807, 2.05) is 24.3 Å². The summed E-state index contributed by atoms with van der Waals surface area (Å²) >= 11 is 12.0. The second-order valence-electron chi connectivity index (χ2n) is 3.20. The summed E-state index contributed by atoms with van der Waals surface area (Å²) in [4.78, 5) is 0. The fourth-order valence-corrected chi connectivity index (χ4v) is 3.33. The topological polar surface area (TPSA) is 17.1 Å². The van der Waals surface area contributed by atoms with Gasteiger partial charge in [-0.05, 0) is 24.3 Å². The molecule has 0 saturated heterocycles. The molecular formula is C12H8Cl2OP. The zero-order chi connectivity index (χ0) is 11.5. The summed E-state index contributed by atoms with van der Waals surface area (Å²) in [5, 5.41) is 2.24. The monoisotopic (exact) mass is 269 g/mol. The van der Waals surface area contributed by atoms with E-state index in [4.69, 9.17) is 23.2 Å². The van der Waals surface area contributed by atoms with E-state index in [-0.39, 0.29) is 0 Å². The SMILES string of the molecule is O=[P](c1ccccc1Cl)c1ccccc1Cl. The third-order valence-electron chi connectivity index (χ3n) is 2.14. The van der Waals surface area contributed by atoms with Gasteiger partial charge in [-0.2, -0.15) is 0 Å². The van der Waals surface area contributed by atoms with Crippen LogP contribution in [0.4, 0.5) is 0 Å². The van der Waals surface area contributed by atoms with Gasteiger partial charge in [-0.1, -0.05) is 47.5 Å². The van der Waals surface area contributed by atoms with Crippen molar-refractivity contribution in [2.75, 3.05) is 0 Å². The number of hydrogen-bond acceptors (Lipinski definition) is 1. The van der Waals surface area contributed by atoms with Gasteiger partial charge in [-0.3, -0.25) is 4.57 Å². The molecule has 0 amide bonds. The summed E-state index contributed by atoms with van der Waals surface area (Å²) in [6.45, 7) is 0. The molecule has 0 bridgehead atoms. The predicted molar refractivity (Wildman–Crippen MR) is 69.8 cm³/mol. The van der Waals surface area contributed by atoms with E-state index in [1.165, 1.54) is 0 Å². The molecule has 0 aliphatic carbocycles. The van der Waals surface area contributed by atoms with Crippen LogP contribution < -0.4 is 10.6 Å². The van der Waals surface area contributed by atoms with Crippen LogP contribution in [0.2, 0.25) is 10.0 Å². The molecule has 0 atom stereocenters. The molecule has 0 aromatic heterocycles. The molecule has 2 aromatic rings. The number of benzene rings is 2. The Bertz CT molecular complexity index is 493. The zero-order valence-electron chi connectivity index (χ0n) is 8.23. The van der Waals surface area contributed by atoms with Crippen molar-refractivity contribution in [1.82, 2.24) is 0 Å². The minimum absolute atomic E-state index is 0.503. The average molecular weight is 270 g/mol. The molecular weight excluding hydrogens is 262 g/mol. The van der Waals surface area contributed by atoms with Crippen molar-refractivity contribution in [3.05, 3.63) is 58.6 Å². The van der Waals surface area contributed by atoms with Gasteiger partial charge in [0.1, 0.15) is 7.80 Å². The second-order valence-corrected chi connectivity index (χ2v) is 5.56. The Morgan fingerprint density at radius 2 is 1.12 bits per heavy atom. The normalized spacial score (nSPS) is 10.1. The molecule has 0 aliphatic heterocycles. The second kappa shape index (κ2) is 4.97. The molecule has 1 radical (unpaired) electrons. The van der Waals surface area contributed by atoms with Gasteiger partial charge in [0.2, 0.25) is 0 Å². The standard InChI is InChI=1S/C12H8Cl2OP/c13-9-5-1-3-7-11(9)16(15)12-8-4-2-6-10(12)14/h1-8H. The summed E-state index contributed by atoms with van der Waals surface area (Å²) in [6.07, 6.45) is 0. The van der Waals surface area contributed by atoms with E-state index in [1.54, 1.807) is 24.3 Å². The van der Waals surface area contributed by atoms with Crippen LogP contribution in [0.25, 0.3) is 0 Å². The smallest absolute Gasteiger partial charge is 0.139 e. The van der Waals surface area contributed by atoms with Gasteiger partial charge in [0.15, 0.2) is 0 Å². The van der Waals surface area contributed by atoms with Gasteiger partial charge in [0.25, 0.3) is 0 Å². The molecule has 0 unspecified atom stereocenters. The van der Waals surface area contributed by atoms with Crippen LogP contribution >= 0.6 is 31.0 Å². The van der Waals surface area contributed by atoms with E-state index >= 15 is 0 Å². The van der Waals surface area contributed by atoms with Crippen LogP contribution in [0.15, 0.2) is 48.5 Å². The minimum atomic E-state index is -1.73. The summed E-state index contributed by atoms with van der Waals surface area (Å²) in [6, 6.07) is 14.2. The Labute approximate surface area is 105 Å². The molecule has 0 N–H and O–H groups in total. The van der Waals surface area contributed by atoms with E-state index < -0.39 is 7.80 Å². The lowest BCUT2D eigenvalue weighted by Crippen LogP contribution is -2.08. The first-order chi connectivity index (χ1) is 7.70. The van der Waals surface area contributed by atoms with Gasteiger partial charge < -0.3 is 0 Å². The highest BCUT2D eigenvalue weighted by Crippen LogP contribution is 2.27. The maximum absolute atomic E-state index is 12.3. The van der Waals surface area contributed by atoms with Crippen molar-refractivity contribution in [3.63, 3.8) is 0 Å². The van der Waals surface area contributed by atoms with Crippen LogP contribution in [0.5, 0.6) is 0 Å². The molecule has 2 aromatic carbocycles.